The van der Waals surface area contributed by atoms with Crippen LogP contribution >= 0.6 is 0 Å². The van der Waals surface area contributed by atoms with Crippen molar-refractivity contribution in [1.29, 1.82) is 0 Å². The normalized spacial score (nSPS) is 10.0. The lowest BCUT2D eigenvalue weighted by atomic mass is 10.2. The standard InChI is InChI=1S/C11H10N/c1-2-10-6-7-11-5-3-4-8-12(11)9-10/h2-9H,1H2/q+1. The molecule has 0 aromatic carbocycles. The topological polar surface area (TPSA) is 4.10 Å². The molecule has 0 unspecified atom stereocenters. The Morgan fingerprint density at radius 3 is 2.92 bits per heavy atom. The summed E-state index contributed by atoms with van der Waals surface area (Å²) in [7, 11) is 0. The van der Waals surface area contributed by atoms with E-state index in [9.17, 15) is 0 Å². The third kappa shape index (κ3) is 1.10. The Balaban J connectivity index is 2.75. The highest BCUT2D eigenvalue weighted by Gasteiger charge is 1.98. The monoisotopic (exact) mass is 156 g/mol. The molecule has 0 atom stereocenters. The third-order valence-electron chi connectivity index (χ3n) is 1.89. The van der Waals surface area contributed by atoms with Crippen molar-refractivity contribution in [3.05, 3.63) is 54.9 Å². The summed E-state index contributed by atoms with van der Waals surface area (Å²) in [6.07, 6.45) is 5.93. The Hall–Kier alpha value is -1.63. The first-order chi connectivity index (χ1) is 5.90. The SMILES string of the molecule is C=Cc1ccc2cccc[n+]2c1. The molecule has 0 N–H and O–H groups in total. The Morgan fingerprint density at radius 1 is 1.17 bits per heavy atom. The highest BCUT2D eigenvalue weighted by Crippen LogP contribution is 2.00. The van der Waals surface area contributed by atoms with Crippen molar-refractivity contribution in [3.63, 3.8) is 0 Å². The van der Waals surface area contributed by atoms with Crippen molar-refractivity contribution < 1.29 is 4.40 Å². The second kappa shape index (κ2) is 2.78. The van der Waals surface area contributed by atoms with Gasteiger partial charge in [-0.2, -0.15) is 4.40 Å². The predicted molar refractivity (Wildman–Crippen MR) is 49.7 cm³/mol. The Bertz CT molecular complexity index is 418. The largest absolute Gasteiger partial charge is 0.210 e. The average molecular weight is 156 g/mol. The first-order valence-corrected chi connectivity index (χ1v) is 3.92. The number of rotatable bonds is 1. The summed E-state index contributed by atoms with van der Waals surface area (Å²) < 4.78 is 2.08. The van der Waals surface area contributed by atoms with Gasteiger partial charge in [0, 0.05) is 23.8 Å². The van der Waals surface area contributed by atoms with Gasteiger partial charge in [-0.15, -0.1) is 0 Å². The predicted octanol–water partition coefficient (Wildman–Crippen LogP) is 2.07. The summed E-state index contributed by atoms with van der Waals surface area (Å²) in [4.78, 5) is 0. The van der Waals surface area contributed by atoms with Crippen LogP contribution in [0.15, 0.2) is 49.3 Å². The number of nitrogens with zero attached hydrogens (tertiary/aromatic N) is 1. The van der Waals surface area contributed by atoms with E-state index in [1.807, 2.05) is 24.4 Å². The zero-order valence-electron chi connectivity index (χ0n) is 6.77. The van der Waals surface area contributed by atoms with E-state index >= 15 is 0 Å². The van der Waals surface area contributed by atoms with E-state index in [1.165, 1.54) is 5.52 Å². The van der Waals surface area contributed by atoms with Gasteiger partial charge < -0.3 is 0 Å². The minimum absolute atomic E-state index is 1.14. The van der Waals surface area contributed by atoms with Crippen molar-refractivity contribution in [1.82, 2.24) is 0 Å². The number of fused-ring (bicyclic) bond motifs is 1. The van der Waals surface area contributed by atoms with Crippen molar-refractivity contribution in [2.24, 2.45) is 0 Å². The summed E-state index contributed by atoms with van der Waals surface area (Å²) in [6, 6.07) is 10.3. The Kier molecular flexibility index (Phi) is 1.63. The number of hydrogen-bond donors (Lipinski definition) is 0. The summed E-state index contributed by atoms with van der Waals surface area (Å²) in [5.74, 6) is 0. The summed E-state index contributed by atoms with van der Waals surface area (Å²) in [5, 5.41) is 0. The molecule has 58 valence electrons. The first kappa shape index (κ1) is 7.04. The van der Waals surface area contributed by atoms with Crippen molar-refractivity contribution in [3.8, 4) is 0 Å². The molecular weight excluding hydrogens is 146 g/mol. The molecule has 2 heterocycles. The van der Waals surface area contributed by atoms with E-state index < -0.39 is 0 Å². The fourth-order valence-corrected chi connectivity index (χ4v) is 1.23. The van der Waals surface area contributed by atoms with Crippen LogP contribution in [0.25, 0.3) is 11.6 Å². The molecule has 1 nitrogen and oxygen atoms in total. The van der Waals surface area contributed by atoms with E-state index in [0.29, 0.717) is 0 Å². The lowest BCUT2D eigenvalue weighted by Gasteiger charge is -1.90. The molecule has 12 heavy (non-hydrogen) atoms. The number of hydrogen-bond acceptors (Lipinski definition) is 0. The van der Waals surface area contributed by atoms with Gasteiger partial charge in [-0.05, 0) is 12.1 Å². The molecule has 0 amide bonds. The molecule has 0 aliphatic carbocycles. The maximum absolute atomic E-state index is 3.72. The molecule has 0 aliphatic rings. The van der Waals surface area contributed by atoms with Crippen LogP contribution < -0.4 is 4.40 Å². The highest BCUT2D eigenvalue weighted by molar-refractivity contribution is 5.48. The molecule has 0 saturated heterocycles. The van der Waals surface area contributed by atoms with Crippen LogP contribution in [-0.4, -0.2) is 0 Å². The number of aromatic nitrogens is 1. The maximum Gasteiger partial charge on any atom is 0.210 e. The van der Waals surface area contributed by atoms with Gasteiger partial charge in [0.15, 0.2) is 12.4 Å². The van der Waals surface area contributed by atoms with E-state index in [4.69, 9.17) is 0 Å². The van der Waals surface area contributed by atoms with E-state index in [0.717, 1.165) is 5.56 Å². The van der Waals surface area contributed by atoms with Gasteiger partial charge >= 0.3 is 0 Å². The molecule has 0 bridgehead atoms. The van der Waals surface area contributed by atoms with Crippen LogP contribution in [0.5, 0.6) is 0 Å². The van der Waals surface area contributed by atoms with Gasteiger partial charge in [0.25, 0.3) is 0 Å². The lowest BCUT2D eigenvalue weighted by Crippen LogP contribution is -2.20. The average Bonchev–Trinajstić information content (AvgIpc) is 2.17. The minimum Gasteiger partial charge on any atom is -0.167 e. The quantitative estimate of drug-likeness (QED) is 0.556. The van der Waals surface area contributed by atoms with E-state index in [1.54, 1.807) is 0 Å². The molecule has 0 saturated carbocycles. The van der Waals surface area contributed by atoms with Crippen LogP contribution in [0.4, 0.5) is 0 Å². The summed E-state index contributed by atoms with van der Waals surface area (Å²) in [6.45, 7) is 3.72. The second-order valence-electron chi connectivity index (χ2n) is 2.70. The fourth-order valence-electron chi connectivity index (χ4n) is 1.23. The summed E-state index contributed by atoms with van der Waals surface area (Å²) >= 11 is 0. The Morgan fingerprint density at radius 2 is 2.08 bits per heavy atom. The molecule has 0 aliphatic heterocycles. The number of pyridine rings is 2. The van der Waals surface area contributed by atoms with Crippen LogP contribution in [0.3, 0.4) is 0 Å². The first-order valence-electron chi connectivity index (χ1n) is 3.92. The van der Waals surface area contributed by atoms with Gasteiger partial charge in [0.2, 0.25) is 5.52 Å². The molecule has 2 rings (SSSR count). The second-order valence-corrected chi connectivity index (χ2v) is 2.70. The molecular formula is C11H10N+. The van der Waals surface area contributed by atoms with Crippen LogP contribution in [-0.2, 0) is 0 Å². The van der Waals surface area contributed by atoms with Crippen LogP contribution in [0.2, 0.25) is 0 Å². The van der Waals surface area contributed by atoms with Crippen molar-refractivity contribution in [2.45, 2.75) is 0 Å². The van der Waals surface area contributed by atoms with Gasteiger partial charge in [-0.25, -0.2) is 0 Å². The summed E-state index contributed by atoms with van der Waals surface area (Å²) in [5.41, 5.74) is 2.34. The Labute approximate surface area is 71.6 Å². The van der Waals surface area contributed by atoms with Gasteiger partial charge in [0.05, 0.1) is 0 Å². The molecule has 0 spiro atoms. The van der Waals surface area contributed by atoms with Crippen molar-refractivity contribution >= 4 is 11.6 Å². The molecule has 1 heteroatoms. The third-order valence-corrected chi connectivity index (χ3v) is 1.89. The zero-order valence-corrected chi connectivity index (χ0v) is 6.77. The van der Waals surface area contributed by atoms with Crippen molar-refractivity contribution in [2.75, 3.05) is 0 Å². The van der Waals surface area contributed by atoms with Crippen LogP contribution in [0.1, 0.15) is 5.56 Å². The van der Waals surface area contributed by atoms with Gasteiger partial charge in [0.1, 0.15) is 0 Å². The molecule has 2 aromatic heterocycles. The minimum atomic E-state index is 1.14. The van der Waals surface area contributed by atoms with E-state index in [2.05, 4.69) is 35.4 Å². The zero-order chi connectivity index (χ0) is 8.39. The smallest absolute Gasteiger partial charge is 0.167 e. The molecule has 0 fully saturated rings. The highest BCUT2D eigenvalue weighted by atomic mass is 14.8. The maximum atomic E-state index is 3.72. The van der Waals surface area contributed by atoms with Crippen LogP contribution in [0, 0.1) is 0 Å². The molecule has 2 aromatic rings. The molecule has 0 radical (unpaired) electrons. The fraction of sp³-hybridized carbons (Fsp3) is 0. The lowest BCUT2D eigenvalue weighted by molar-refractivity contribution is -0.512. The van der Waals surface area contributed by atoms with Gasteiger partial charge in [-0.1, -0.05) is 12.7 Å². The van der Waals surface area contributed by atoms with E-state index in [-0.39, 0.29) is 0 Å². The van der Waals surface area contributed by atoms with Gasteiger partial charge in [-0.3, -0.25) is 0 Å².